The zero-order chi connectivity index (χ0) is 21.2. The topological polar surface area (TPSA) is 79.0 Å². The minimum Gasteiger partial charge on any atom is -0.379 e. The first kappa shape index (κ1) is 23.2. The van der Waals surface area contributed by atoms with Crippen LogP contribution in [0.15, 0.2) is 30.3 Å². The van der Waals surface area contributed by atoms with Crippen LogP contribution in [0.5, 0.6) is 0 Å². The molecule has 1 aromatic rings. The van der Waals surface area contributed by atoms with Crippen LogP contribution >= 0.6 is 0 Å². The van der Waals surface area contributed by atoms with Crippen molar-refractivity contribution < 1.29 is 17.9 Å². The van der Waals surface area contributed by atoms with Crippen molar-refractivity contribution in [2.24, 2.45) is 5.92 Å². The molecule has 0 spiro atoms. The van der Waals surface area contributed by atoms with Crippen LogP contribution in [0.1, 0.15) is 31.2 Å². The molecule has 0 saturated carbocycles. The second kappa shape index (κ2) is 11.8. The van der Waals surface area contributed by atoms with Crippen molar-refractivity contribution in [3.63, 3.8) is 0 Å². The predicted octanol–water partition coefficient (Wildman–Crippen LogP) is 1.50. The second-order valence-corrected chi connectivity index (χ2v) is 10.3. The number of hydrogen-bond donors (Lipinski definition) is 1. The van der Waals surface area contributed by atoms with Gasteiger partial charge in [-0.1, -0.05) is 30.3 Å². The van der Waals surface area contributed by atoms with E-state index in [1.165, 1.54) is 4.31 Å². The molecule has 0 aromatic heterocycles. The number of benzene rings is 1. The molecule has 0 aliphatic carbocycles. The predicted molar refractivity (Wildman–Crippen MR) is 118 cm³/mol. The van der Waals surface area contributed by atoms with Crippen LogP contribution in [-0.4, -0.2) is 81.8 Å². The average Bonchev–Trinajstić information content (AvgIpc) is 2.78. The third kappa shape index (κ3) is 7.34. The molecule has 168 valence electrons. The van der Waals surface area contributed by atoms with Gasteiger partial charge in [0.05, 0.1) is 24.9 Å². The van der Waals surface area contributed by atoms with Crippen LogP contribution in [0, 0.1) is 5.92 Å². The quantitative estimate of drug-likeness (QED) is 0.561. The fourth-order valence-corrected chi connectivity index (χ4v) is 5.71. The minimum atomic E-state index is -3.32. The van der Waals surface area contributed by atoms with Crippen LogP contribution in [0.4, 0.5) is 0 Å². The van der Waals surface area contributed by atoms with Gasteiger partial charge in [-0.15, -0.1) is 0 Å². The Labute approximate surface area is 180 Å². The van der Waals surface area contributed by atoms with Gasteiger partial charge < -0.3 is 10.1 Å². The number of nitrogens with zero attached hydrogens (tertiary/aromatic N) is 2. The Morgan fingerprint density at radius 2 is 1.87 bits per heavy atom. The molecule has 1 aromatic carbocycles. The zero-order valence-electron chi connectivity index (χ0n) is 17.8. The lowest BCUT2D eigenvalue weighted by Crippen LogP contribution is -2.46. The normalized spacial score (nSPS) is 21.4. The number of carbonyl (C=O) groups excluding carboxylic acids is 1. The van der Waals surface area contributed by atoms with E-state index in [4.69, 9.17) is 4.74 Å². The number of hydrogen-bond acceptors (Lipinski definition) is 5. The Kier molecular flexibility index (Phi) is 9.11. The molecule has 0 unspecified atom stereocenters. The van der Waals surface area contributed by atoms with Crippen molar-refractivity contribution in [1.82, 2.24) is 14.5 Å². The summed E-state index contributed by atoms with van der Waals surface area (Å²) in [4.78, 5) is 14.9. The van der Waals surface area contributed by atoms with Gasteiger partial charge in [0.15, 0.2) is 0 Å². The number of ether oxygens (including phenoxy) is 1. The van der Waals surface area contributed by atoms with E-state index in [9.17, 15) is 13.2 Å². The van der Waals surface area contributed by atoms with E-state index in [1.807, 2.05) is 30.3 Å². The summed E-state index contributed by atoms with van der Waals surface area (Å²) in [5.74, 6) is -0.123. The van der Waals surface area contributed by atoms with Gasteiger partial charge in [-0.3, -0.25) is 9.69 Å². The molecule has 0 bridgehead atoms. The summed E-state index contributed by atoms with van der Waals surface area (Å²) >= 11 is 0. The number of amides is 1. The highest BCUT2D eigenvalue weighted by Gasteiger charge is 2.31. The highest BCUT2D eigenvalue weighted by atomic mass is 32.2. The lowest BCUT2D eigenvalue weighted by atomic mass is 9.99. The number of morpholine rings is 1. The molecule has 0 radical (unpaired) electrons. The van der Waals surface area contributed by atoms with Gasteiger partial charge in [0, 0.05) is 32.7 Å². The lowest BCUT2D eigenvalue weighted by molar-refractivity contribution is -0.126. The van der Waals surface area contributed by atoms with Crippen molar-refractivity contribution in [1.29, 1.82) is 0 Å². The molecule has 8 heteroatoms. The van der Waals surface area contributed by atoms with E-state index in [0.717, 1.165) is 64.1 Å². The Hall–Kier alpha value is -1.48. The summed E-state index contributed by atoms with van der Waals surface area (Å²) in [5, 5.41) is 3.01. The molecular weight excluding hydrogens is 402 g/mol. The molecule has 1 amide bonds. The summed E-state index contributed by atoms with van der Waals surface area (Å²) in [6, 6.07) is 9.94. The van der Waals surface area contributed by atoms with Crippen molar-refractivity contribution in [3.8, 4) is 0 Å². The summed E-state index contributed by atoms with van der Waals surface area (Å²) in [7, 11) is -3.32. The third-order valence-electron chi connectivity index (χ3n) is 5.91. The van der Waals surface area contributed by atoms with Crippen LogP contribution in [0.3, 0.4) is 0 Å². The monoisotopic (exact) mass is 437 g/mol. The number of carbonyl (C=O) groups is 1. The highest BCUT2D eigenvalue weighted by Crippen LogP contribution is 2.20. The van der Waals surface area contributed by atoms with Crippen molar-refractivity contribution in [2.75, 3.05) is 58.2 Å². The Balaban J connectivity index is 1.38. The lowest BCUT2D eigenvalue weighted by Gasteiger charge is -2.31. The first-order valence-corrected chi connectivity index (χ1v) is 12.7. The van der Waals surface area contributed by atoms with Gasteiger partial charge in [0.1, 0.15) is 0 Å². The Morgan fingerprint density at radius 3 is 2.63 bits per heavy atom. The average molecular weight is 438 g/mol. The molecule has 2 aliphatic rings. The maximum absolute atomic E-state index is 12.8. The number of sulfonamides is 1. The van der Waals surface area contributed by atoms with Gasteiger partial charge in [0.2, 0.25) is 15.9 Å². The summed E-state index contributed by atoms with van der Waals surface area (Å²) in [6.45, 7) is 5.89. The Bertz CT molecular complexity index is 751. The Morgan fingerprint density at radius 1 is 1.10 bits per heavy atom. The fourth-order valence-electron chi connectivity index (χ4n) is 4.12. The smallest absolute Gasteiger partial charge is 0.224 e. The van der Waals surface area contributed by atoms with Gasteiger partial charge in [0.25, 0.3) is 0 Å². The molecule has 7 nitrogen and oxygen atoms in total. The molecule has 2 aliphatic heterocycles. The SMILES string of the molecule is O=C(NCCCN1CCOCC1)[C@H]1CCCN(S(=O)(=O)CCCc2ccccc2)C1. The van der Waals surface area contributed by atoms with E-state index in [1.54, 1.807) is 0 Å². The minimum absolute atomic E-state index is 0.0128. The maximum atomic E-state index is 12.8. The largest absolute Gasteiger partial charge is 0.379 e. The van der Waals surface area contributed by atoms with Crippen LogP contribution < -0.4 is 5.32 Å². The fraction of sp³-hybridized carbons (Fsp3) is 0.682. The maximum Gasteiger partial charge on any atom is 0.224 e. The number of rotatable bonds is 10. The number of aryl methyl sites for hydroxylation is 1. The first-order valence-electron chi connectivity index (χ1n) is 11.1. The van der Waals surface area contributed by atoms with Gasteiger partial charge >= 0.3 is 0 Å². The molecule has 3 rings (SSSR count). The van der Waals surface area contributed by atoms with Crippen LogP contribution in [-0.2, 0) is 26.0 Å². The third-order valence-corrected chi connectivity index (χ3v) is 7.84. The number of nitrogens with one attached hydrogen (secondary N) is 1. The van der Waals surface area contributed by atoms with E-state index >= 15 is 0 Å². The number of piperidine rings is 1. The summed E-state index contributed by atoms with van der Waals surface area (Å²) in [5.41, 5.74) is 1.15. The standard InChI is InChI=1S/C22H35N3O4S/c26-22(23-11-6-12-24-14-16-29-17-15-24)21-10-4-13-25(19-21)30(27,28)18-5-9-20-7-2-1-3-8-20/h1-3,7-8,21H,4-6,9-19H2,(H,23,26)/t21-/m0/s1. The molecule has 2 fully saturated rings. The summed E-state index contributed by atoms with van der Waals surface area (Å²) in [6.07, 6.45) is 3.75. The summed E-state index contributed by atoms with van der Waals surface area (Å²) < 4.78 is 32.4. The molecule has 30 heavy (non-hydrogen) atoms. The van der Waals surface area contributed by atoms with Gasteiger partial charge in [-0.05, 0) is 44.2 Å². The second-order valence-electron chi connectivity index (χ2n) is 8.20. The molecule has 1 N–H and O–H groups in total. The van der Waals surface area contributed by atoms with Crippen molar-refractivity contribution >= 4 is 15.9 Å². The van der Waals surface area contributed by atoms with Gasteiger partial charge in [-0.25, -0.2) is 12.7 Å². The van der Waals surface area contributed by atoms with Crippen LogP contribution in [0.2, 0.25) is 0 Å². The molecule has 1 atom stereocenters. The first-order chi connectivity index (χ1) is 14.5. The van der Waals surface area contributed by atoms with E-state index in [-0.39, 0.29) is 17.6 Å². The van der Waals surface area contributed by atoms with E-state index in [2.05, 4.69) is 10.2 Å². The van der Waals surface area contributed by atoms with Crippen molar-refractivity contribution in [3.05, 3.63) is 35.9 Å². The molecule has 2 saturated heterocycles. The molecular formula is C22H35N3O4S. The zero-order valence-corrected chi connectivity index (χ0v) is 18.6. The molecule has 2 heterocycles. The van der Waals surface area contributed by atoms with E-state index < -0.39 is 10.0 Å². The van der Waals surface area contributed by atoms with E-state index in [0.29, 0.717) is 26.1 Å². The highest BCUT2D eigenvalue weighted by molar-refractivity contribution is 7.89. The van der Waals surface area contributed by atoms with Gasteiger partial charge in [-0.2, -0.15) is 0 Å². The van der Waals surface area contributed by atoms with Crippen LogP contribution in [0.25, 0.3) is 0 Å². The van der Waals surface area contributed by atoms with Crippen molar-refractivity contribution in [2.45, 2.75) is 32.1 Å².